The zero-order chi connectivity index (χ0) is 21.6. The summed E-state index contributed by atoms with van der Waals surface area (Å²) in [5.41, 5.74) is 3.24. The van der Waals surface area contributed by atoms with Crippen LogP contribution in [0.15, 0.2) is 30.3 Å². The van der Waals surface area contributed by atoms with E-state index in [4.69, 9.17) is 17.0 Å². The van der Waals surface area contributed by atoms with E-state index < -0.39 is 0 Å². The summed E-state index contributed by atoms with van der Waals surface area (Å²) in [6, 6.07) is 10.6. The molecule has 0 saturated carbocycles. The van der Waals surface area contributed by atoms with Gasteiger partial charge in [-0.25, -0.2) is 4.79 Å². The molecule has 0 spiro atoms. The Morgan fingerprint density at radius 3 is 2.58 bits per heavy atom. The summed E-state index contributed by atoms with van der Waals surface area (Å²) < 4.78 is 5.40. The maximum absolute atomic E-state index is 12.8. The molecule has 1 aliphatic carbocycles. The molecule has 2 heterocycles. The van der Waals surface area contributed by atoms with E-state index in [0.29, 0.717) is 17.3 Å². The highest BCUT2D eigenvalue weighted by atomic mass is 32.1. The molecule has 0 amide bonds. The molecule has 0 unspecified atom stereocenters. The minimum Gasteiger partial charge on any atom is -0.462 e. The van der Waals surface area contributed by atoms with Crippen LogP contribution in [-0.4, -0.2) is 53.7 Å². The van der Waals surface area contributed by atoms with Crippen LogP contribution in [0, 0.1) is 0 Å². The third-order valence-corrected chi connectivity index (χ3v) is 7.60. The fraction of sp³-hybridized carbons (Fsp3) is 0.500. The molecule has 4 rings (SSSR count). The fourth-order valence-electron chi connectivity index (χ4n) is 4.38. The molecule has 0 radical (unpaired) electrons. The van der Waals surface area contributed by atoms with Gasteiger partial charge in [0.2, 0.25) is 0 Å². The number of aryl methyl sites for hydroxylation is 1. The second kappa shape index (κ2) is 10.6. The molecule has 1 N–H and O–H groups in total. The van der Waals surface area contributed by atoms with Crippen LogP contribution in [-0.2, 0) is 24.1 Å². The predicted molar refractivity (Wildman–Crippen MR) is 131 cm³/mol. The van der Waals surface area contributed by atoms with Crippen LogP contribution >= 0.6 is 23.6 Å². The van der Waals surface area contributed by atoms with Crippen molar-refractivity contribution in [2.75, 3.05) is 38.1 Å². The molecular formula is C24H31N3O2S2. The number of hydrogen-bond acceptors (Lipinski definition) is 5. The van der Waals surface area contributed by atoms with E-state index in [-0.39, 0.29) is 5.97 Å². The first-order valence-electron chi connectivity index (χ1n) is 11.3. The number of piperazine rings is 1. The summed E-state index contributed by atoms with van der Waals surface area (Å²) in [6.07, 6.45) is 5.52. The van der Waals surface area contributed by atoms with E-state index in [1.165, 1.54) is 28.8 Å². The lowest BCUT2D eigenvalue weighted by molar-refractivity contribution is 0.0527. The van der Waals surface area contributed by atoms with E-state index in [9.17, 15) is 4.79 Å². The first-order valence-corrected chi connectivity index (χ1v) is 12.5. The van der Waals surface area contributed by atoms with Crippen LogP contribution in [0.2, 0.25) is 0 Å². The van der Waals surface area contributed by atoms with E-state index in [2.05, 4.69) is 45.4 Å². The molecule has 7 heteroatoms. The van der Waals surface area contributed by atoms with Crippen LogP contribution in [0.5, 0.6) is 0 Å². The van der Waals surface area contributed by atoms with Gasteiger partial charge in [0.15, 0.2) is 5.11 Å². The number of hydrogen-bond donors (Lipinski definition) is 1. The highest BCUT2D eigenvalue weighted by molar-refractivity contribution is 7.80. The quantitative estimate of drug-likeness (QED) is 0.399. The van der Waals surface area contributed by atoms with Gasteiger partial charge in [-0.05, 0) is 56.0 Å². The average Bonchev–Trinajstić information content (AvgIpc) is 2.95. The van der Waals surface area contributed by atoms with Gasteiger partial charge in [0.05, 0.1) is 12.2 Å². The van der Waals surface area contributed by atoms with Gasteiger partial charge in [-0.3, -0.25) is 4.90 Å². The van der Waals surface area contributed by atoms with Crippen molar-refractivity contribution >= 4 is 39.6 Å². The third kappa shape index (κ3) is 5.45. The Bertz CT molecular complexity index is 905. The van der Waals surface area contributed by atoms with Crippen molar-refractivity contribution in [2.24, 2.45) is 0 Å². The molecule has 31 heavy (non-hydrogen) atoms. The zero-order valence-electron chi connectivity index (χ0n) is 18.2. The largest absolute Gasteiger partial charge is 0.462 e. The summed E-state index contributed by atoms with van der Waals surface area (Å²) in [5, 5.41) is 4.99. The van der Waals surface area contributed by atoms with Crippen molar-refractivity contribution in [2.45, 2.75) is 45.6 Å². The van der Waals surface area contributed by atoms with Crippen LogP contribution < -0.4 is 5.32 Å². The van der Waals surface area contributed by atoms with Gasteiger partial charge in [-0.1, -0.05) is 36.8 Å². The number of esters is 1. The summed E-state index contributed by atoms with van der Waals surface area (Å²) in [5.74, 6) is -0.222. The topological polar surface area (TPSA) is 44.8 Å². The van der Waals surface area contributed by atoms with E-state index in [0.717, 1.165) is 57.0 Å². The van der Waals surface area contributed by atoms with Crippen molar-refractivity contribution in [3.8, 4) is 0 Å². The predicted octanol–water partition coefficient (Wildman–Crippen LogP) is 4.71. The van der Waals surface area contributed by atoms with Crippen molar-refractivity contribution in [3.05, 3.63) is 51.9 Å². The first kappa shape index (κ1) is 22.2. The van der Waals surface area contributed by atoms with Crippen LogP contribution in [0.25, 0.3) is 0 Å². The highest BCUT2D eigenvalue weighted by Gasteiger charge is 2.27. The number of thiophene rings is 1. The SMILES string of the molecule is CCOC(=O)c1c(NC(=S)N2CCN(Cc3ccccc3)CC2)sc2c1CCCCC2. The van der Waals surface area contributed by atoms with Crippen molar-refractivity contribution < 1.29 is 9.53 Å². The van der Waals surface area contributed by atoms with Crippen LogP contribution in [0.3, 0.4) is 0 Å². The Kier molecular flexibility index (Phi) is 7.58. The normalized spacial score (nSPS) is 17.0. The second-order valence-electron chi connectivity index (χ2n) is 8.17. The molecule has 2 aromatic rings. The standard InChI is InChI=1S/C24H31N3O2S2/c1-2-29-23(28)21-19-11-7-4-8-12-20(19)31-22(21)25-24(30)27-15-13-26(14-16-27)17-18-9-5-3-6-10-18/h3,5-6,9-10H,2,4,7-8,11-17H2,1H3,(H,25,30). The Hall–Kier alpha value is -1.96. The number of nitrogens with one attached hydrogen (secondary N) is 1. The average molecular weight is 458 g/mol. The number of carbonyl (C=O) groups excluding carboxylic acids is 1. The molecule has 0 atom stereocenters. The number of anilines is 1. The Labute approximate surface area is 194 Å². The Morgan fingerprint density at radius 1 is 1.10 bits per heavy atom. The lowest BCUT2D eigenvalue weighted by Crippen LogP contribution is -2.49. The van der Waals surface area contributed by atoms with E-state index in [1.807, 2.05) is 6.92 Å². The van der Waals surface area contributed by atoms with Crippen molar-refractivity contribution in [1.82, 2.24) is 9.80 Å². The first-order chi connectivity index (χ1) is 15.2. The lowest BCUT2D eigenvalue weighted by atomic mass is 10.1. The number of thiocarbonyl (C=S) groups is 1. The summed E-state index contributed by atoms with van der Waals surface area (Å²) >= 11 is 7.44. The second-order valence-corrected chi connectivity index (χ2v) is 9.66. The maximum atomic E-state index is 12.8. The van der Waals surface area contributed by atoms with Gasteiger partial charge < -0.3 is 15.0 Å². The van der Waals surface area contributed by atoms with Crippen LogP contribution in [0.4, 0.5) is 5.00 Å². The van der Waals surface area contributed by atoms with E-state index in [1.54, 1.807) is 11.3 Å². The number of fused-ring (bicyclic) bond motifs is 1. The molecule has 1 aromatic carbocycles. The number of ether oxygens (including phenoxy) is 1. The minimum atomic E-state index is -0.222. The molecule has 1 aliphatic heterocycles. The molecule has 1 fully saturated rings. The molecule has 5 nitrogen and oxygen atoms in total. The number of benzene rings is 1. The van der Waals surface area contributed by atoms with Gasteiger partial charge in [-0.2, -0.15) is 0 Å². The van der Waals surface area contributed by atoms with Crippen molar-refractivity contribution in [3.63, 3.8) is 0 Å². The molecular weight excluding hydrogens is 426 g/mol. The molecule has 2 aliphatic rings. The highest BCUT2D eigenvalue weighted by Crippen LogP contribution is 2.38. The number of carbonyl (C=O) groups is 1. The maximum Gasteiger partial charge on any atom is 0.341 e. The van der Waals surface area contributed by atoms with Crippen molar-refractivity contribution in [1.29, 1.82) is 0 Å². The molecule has 166 valence electrons. The fourth-order valence-corrected chi connectivity index (χ4v) is 6.00. The summed E-state index contributed by atoms with van der Waals surface area (Å²) in [7, 11) is 0. The smallest absolute Gasteiger partial charge is 0.341 e. The van der Waals surface area contributed by atoms with Gasteiger partial charge >= 0.3 is 5.97 Å². The number of rotatable bonds is 5. The number of nitrogens with zero attached hydrogens (tertiary/aromatic N) is 2. The van der Waals surface area contributed by atoms with Crippen LogP contribution in [0.1, 0.15) is 52.5 Å². The molecule has 1 aromatic heterocycles. The Morgan fingerprint density at radius 2 is 1.84 bits per heavy atom. The summed E-state index contributed by atoms with van der Waals surface area (Å²) in [6.45, 7) is 6.94. The van der Waals surface area contributed by atoms with Gasteiger partial charge in [0, 0.05) is 37.6 Å². The van der Waals surface area contributed by atoms with Gasteiger partial charge in [0.1, 0.15) is 5.00 Å². The van der Waals surface area contributed by atoms with E-state index >= 15 is 0 Å². The lowest BCUT2D eigenvalue weighted by Gasteiger charge is -2.36. The molecule has 1 saturated heterocycles. The Balaban J connectivity index is 1.41. The summed E-state index contributed by atoms with van der Waals surface area (Å²) in [4.78, 5) is 18.8. The minimum absolute atomic E-state index is 0.222. The third-order valence-electron chi connectivity index (χ3n) is 6.03. The van der Waals surface area contributed by atoms with Gasteiger partial charge in [-0.15, -0.1) is 11.3 Å². The zero-order valence-corrected chi connectivity index (χ0v) is 19.8. The molecule has 0 bridgehead atoms. The van der Waals surface area contributed by atoms with Gasteiger partial charge in [0.25, 0.3) is 0 Å². The monoisotopic (exact) mass is 457 g/mol.